The summed E-state index contributed by atoms with van der Waals surface area (Å²) in [5.74, 6) is -1.61. The fraction of sp³-hybridized carbons (Fsp3) is 0.240. The van der Waals surface area contributed by atoms with Crippen molar-refractivity contribution in [3.63, 3.8) is 0 Å². The molecule has 4 N–H and O–H groups in total. The zero-order valence-electron chi connectivity index (χ0n) is 18.7. The molecule has 10 heteroatoms. The molecule has 0 spiro atoms. The molecular weight excluding hydrogens is 452 g/mol. The number of ether oxygens (including phenoxy) is 1. The Labute approximate surface area is 201 Å². The first kappa shape index (κ1) is 23.8. The normalized spacial score (nSPS) is 12.8. The summed E-state index contributed by atoms with van der Waals surface area (Å²) in [6.45, 7) is 0.192. The fourth-order valence-electron chi connectivity index (χ4n) is 3.91. The predicted molar refractivity (Wildman–Crippen MR) is 125 cm³/mol. The van der Waals surface area contributed by atoms with Crippen LogP contribution >= 0.6 is 0 Å². The van der Waals surface area contributed by atoms with Crippen LogP contribution in [0.25, 0.3) is 11.1 Å². The van der Waals surface area contributed by atoms with Crippen LogP contribution in [0, 0.1) is 0 Å². The third kappa shape index (κ3) is 5.61. The minimum Gasteiger partial charge on any atom is -0.479 e. The number of benzene rings is 2. The first-order chi connectivity index (χ1) is 16.9. The molecule has 0 fully saturated rings. The summed E-state index contributed by atoms with van der Waals surface area (Å²) in [6.07, 6.45) is 0.326. The quantitative estimate of drug-likeness (QED) is 0.367. The first-order valence-corrected chi connectivity index (χ1v) is 11.0. The molecule has 1 unspecified atom stereocenters. The van der Waals surface area contributed by atoms with Gasteiger partial charge in [-0.15, -0.1) is 0 Å². The van der Waals surface area contributed by atoms with Crippen molar-refractivity contribution in [2.45, 2.75) is 25.0 Å². The van der Waals surface area contributed by atoms with E-state index in [0.29, 0.717) is 0 Å². The number of alkyl carbamates (subject to hydrolysis) is 1. The van der Waals surface area contributed by atoms with Crippen LogP contribution in [0.2, 0.25) is 0 Å². The van der Waals surface area contributed by atoms with E-state index in [2.05, 4.69) is 32.7 Å². The molecule has 3 aromatic rings. The minimum absolute atomic E-state index is 0.0165. The van der Waals surface area contributed by atoms with E-state index >= 15 is 0 Å². The number of rotatable bonds is 9. The maximum absolute atomic E-state index is 12.3. The Morgan fingerprint density at radius 1 is 0.943 bits per heavy atom. The van der Waals surface area contributed by atoms with Crippen LogP contribution in [-0.4, -0.2) is 57.4 Å². The van der Waals surface area contributed by atoms with E-state index in [4.69, 9.17) is 9.84 Å². The van der Waals surface area contributed by atoms with Gasteiger partial charge in [-0.05, 0) is 22.3 Å². The molecule has 0 saturated carbocycles. The van der Waals surface area contributed by atoms with Crippen molar-refractivity contribution in [2.75, 3.05) is 13.2 Å². The number of fused-ring (bicyclic) bond motifs is 3. The molecule has 1 aliphatic rings. The van der Waals surface area contributed by atoms with E-state index in [1.54, 1.807) is 0 Å². The summed E-state index contributed by atoms with van der Waals surface area (Å²) in [7, 11) is 0. The Kier molecular flexibility index (Phi) is 7.32. The molecule has 2 aromatic carbocycles. The monoisotopic (exact) mass is 476 g/mol. The van der Waals surface area contributed by atoms with Gasteiger partial charge in [0.05, 0.1) is 12.1 Å². The van der Waals surface area contributed by atoms with Gasteiger partial charge in [0, 0.05) is 31.3 Å². The Balaban J connectivity index is 1.25. The molecule has 2 amide bonds. The summed E-state index contributed by atoms with van der Waals surface area (Å²) in [5, 5.41) is 22.9. The number of aliphatic hydroxyl groups is 1. The summed E-state index contributed by atoms with van der Waals surface area (Å²) in [5.41, 5.74) is 4.70. The summed E-state index contributed by atoms with van der Waals surface area (Å²) < 4.78 is 5.47. The van der Waals surface area contributed by atoms with Crippen LogP contribution in [0.5, 0.6) is 0 Å². The highest BCUT2D eigenvalue weighted by atomic mass is 16.5. The van der Waals surface area contributed by atoms with Crippen LogP contribution < -0.4 is 10.6 Å². The third-order valence-electron chi connectivity index (χ3n) is 5.69. The second-order valence-electron chi connectivity index (χ2n) is 7.97. The molecule has 1 atom stereocenters. The molecule has 4 rings (SSSR count). The molecule has 0 radical (unpaired) electrons. The summed E-state index contributed by atoms with van der Waals surface area (Å²) in [6, 6.07) is 16.1. The average Bonchev–Trinajstić information content (AvgIpc) is 3.20. The van der Waals surface area contributed by atoms with Crippen LogP contribution in [0.3, 0.4) is 0 Å². The Bertz CT molecular complexity index is 1190. The summed E-state index contributed by atoms with van der Waals surface area (Å²) in [4.78, 5) is 43.0. The number of nitrogens with zero attached hydrogens (tertiary/aromatic N) is 2. The molecule has 10 nitrogen and oxygen atoms in total. The van der Waals surface area contributed by atoms with Crippen LogP contribution in [-0.2, 0) is 16.1 Å². The van der Waals surface area contributed by atoms with Gasteiger partial charge in [-0.25, -0.2) is 19.6 Å². The molecule has 0 bridgehead atoms. The van der Waals surface area contributed by atoms with Crippen molar-refractivity contribution in [1.29, 1.82) is 0 Å². The van der Waals surface area contributed by atoms with Crippen molar-refractivity contribution in [1.82, 2.24) is 20.6 Å². The van der Waals surface area contributed by atoms with Crippen LogP contribution in [0.1, 0.15) is 39.6 Å². The minimum atomic E-state index is -1.54. The highest BCUT2D eigenvalue weighted by Crippen LogP contribution is 2.44. The SMILES string of the molecule is O=C(NCc1ncc(C(=O)NCCC(O)C(=O)O)cn1)OCC1c2ccccc2-c2ccccc21. The maximum Gasteiger partial charge on any atom is 0.407 e. The van der Waals surface area contributed by atoms with Gasteiger partial charge >= 0.3 is 12.1 Å². The average molecular weight is 476 g/mol. The van der Waals surface area contributed by atoms with Crippen LogP contribution in [0.15, 0.2) is 60.9 Å². The van der Waals surface area contributed by atoms with Crippen LogP contribution in [0.4, 0.5) is 4.79 Å². The molecule has 35 heavy (non-hydrogen) atoms. The highest BCUT2D eigenvalue weighted by Gasteiger charge is 2.29. The van der Waals surface area contributed by atoms with Gasteiger partial charge in [0.15, 0.2) is 6.10 Å². The Hall–Kier alpha value is -4.31. The third-order valence-corrected chi connectivity index (χ3v) is 5.69. The largest absolute Gasteiger partial charge is 0.479 e. The molecular formula is C25H24N4O6. The number of amides is 2. The number of aromatic nitrogens is 2. The van der Waals surface area contributed by atoms with Gasteiger partial charge < -0.3 is 25.6 Å². The lowest BCUT2D eigenvalue weighted by Crippen LogP contribution is -2.30. The fourth-order valence-corrected chi connectivity index (χ4v) is 3.91. The number of aliphatic hydroxyl groups excluding tert-OH is 1. The topological polar surface area (TPSA) is 151 Å². The number of nitrogens with one attached hydrogen (secondary N) is 2. The molecule has 1 aromatic heterocycles. The van der Waals surface area contributed by atoms with E-state index in [1.165, 1.54) is 12.4 Å². The van der Waals surface area contributed by atoms with Gasteiger partial charge in [-0.1, -0.05) is 48.5 Å². The van der Waals surface area contributed by atoms with Gasteiger partial charge in [-0.2, -0.15) is 0 Å². The van der Waals surface area contributed by atoms with Crippen molar-refractivity contribution < 1.29 is 29.3 Å². The number of carbonyl (C=O) groups is 3. The van der Waals surface area contributed by atoms with Crippen molar-refractivity contribution in [3.05, 3.63) is 83.4 Å². The summed E-state index contributed by atoms with van der Waals surface area (Å²) >= 11 is 0. The second kappa shape index (κ2) is 10.7. The Morgan fingerprint density at radius 2 is 1.54 bits per heavy atom. The van der Waals surface area contributed by atoms with Crippen molar-refractivity contribution in [2.24, 2.45) is 0 Å². The molecule has 0 saturated heterocycles. The van der Waals surface area contributed by atoms with E-state index in [1.807, 2.05) is 36.4 Å². The molecule has 0 aliphatic heterocycles. The lowest BCUT2D eigenvalue weighted by molar-refractivity contribution is -0.146. The van der Waals surface area contributed by atoms with Gasteiger partial charge in [0.2, 0.25) is 0 Å². The lowest BCUT2D eigenvalue weighted by Gasteiger charge is -2.14. The Morgan fingerprint density at radius 3 is 2.14 bits per heavy atom. The standard InChI is InChI=1S/C25H24N4O6/c30-21(24(32)33)9-10-26-23(31)15-11-27-22(28-12-15)13-29-25(34)35-14-20-18-7-3-1-5-16(18)17-6-2-4-8-19(17)20/h1-8,11-12,20-21,30H,9-10,13-14H2,(H,26,31)(H,29,34)(H,32,33). The number of aliphatic carboxylic acids is 1. The van der Waals surface area contributed by atoms with Crippen molar-refractivity contribution in [3.8, 4) is 11.1 Å². The molecule has 180 valence electrons. The van der Waals surface area contributed by atoms with Gasteiger partial charge in [0.25, 0.3) is 5.91 Å². The van der Waals surface area contributed by atoms with E-state index in [0.717, 1.165) is 22.3 Å². The highest BCUT2D eigenvalue weighted by molar-refractivity contribution is 5.93. The number of carbonyl (C=O) groups excluding carboxylic acids is 2. The predicted octanol–water partition coefficient (Wildman–Crippen LogP) is 2.08. The molecule has 1 aliphatic carbocycles. The number of carboxylic acid groups (broad SMARTS) is 1. The van der Waals surface area contributed by atoms with Gasteiger partial charge in [0.1, 0.15) is 12.4 Å². The van der Waals surface area contributed by atoms with E-state index in [9.17, 15) is 19.5 Å². The van der Waals surface area contributed by atoms with Crippen molar-refractivity contribution >= 4 is 18.0 Å². The number of hydrogen-bond acceptors (Lipinski definition) is 7. The van der Waals surface area contributed by atoms with E-state index < -0.39 is 24.1 Å². The zero-order valence-corrected chi connectivity index (χ0v) is 18.7. The first-order valence-electron chi connectivity index (χ1n) is 11.0. The van der Waals surface area contributed by atoms with Gasteiger partial charge in [-0.3, -0.25) is 4.79 Å². The van der Waals surface area contributed by atoms with E-state index in [-0.39, 0.29) is 43.4 Å². The maximum atomic E-state index is 12.3. The number of hydrogen-bond donors (Lipinski definition) is 4. The smallest absolute Gasteiger partial charge is 0.407 e. The lowest BCUT2D eigenvalue weighted by atomic mass is 9.98. The second-order valence-corrected chi connectivity index (χ2v) is 7.97. The number of carboxylic acids is 1. The molecule has 1 heterocycles. The zero-order chi connectivity index (χ0) is 24.8.